The molecule has 2 nitrogen and oxygen atoms in total. The van der Waals surface area contributed by atoms with Crippen LogP contribution in [0.2, 0.25) is 10.0 Å². The van der Waals surface area contributed by atoms with Crippen LogP contribution in [0.1, 0.15) is 5.56 Å². The van der Waals surface area contributed by atoms with Crippen LogP contribution < -0.4 is 5.32 Å². The number of carbonyl (C=O) groups excluding carboxylic acids is 1. The second kappa shape index (κ2) is 7.26. The second-order valence-corrected chi connectivity index (χ2v) is 5.45. The molecule has 1 aromatic rings. The fraction of sp³-hybridized carbons (Fsp3) is 0.364. The molecule has 0 atom stereocenters. The molecule has 0 bridgehead atoms. The fourth-order valence-corrected chi connectivity index (χ4v) is 2.16. The molecule has 0 aliphatic carbocycles. The molecule has 19 heavy (non-hydrogen) atoms. The number of hydrogen-bond acceptors (Lipinski definition) is 2. The van der Waals surface area contributed by atoms with Gasteiger partial charge in [-0.05, 0) is 35.9 Å². The molecule has 0 radical (unpaired) electrons. The number of nitrogens with one attached hydrogen (secondary N) is 1. The molecule has 0 fully saturated rings. The summed E-state index contributed by atoms with van der Waals surface area (Å²) < 4.78 is 35.5. The van der Waals surface area contributed by atoms with E-state index in [1.165, 1.54) is 0 Å². The van der Waals surface area contributed by atoms with Gasteiger partial charge in [-0.1, -0.05) is 29.3 Å². The topological polar surface area (TPSA) is 29.1 Å². The van der Waals surface area contributed by atoms with Crippen molar-refractivity contribution in [3.63, 3.8) is 0 Å². The Kier molecular flexibility index (Phi) is 6.29. The molecule has 1 amide bonds. The molecule has 0 aromatic heterocycles. The van der Waals surface area contributed by atoms with Gasteiger partial charge in [-0.2, -0.15) is 13.2 Å². The zero-order chi connectivity index (χ0) is 14.5. The third kappa shape index (κ3) is 6.94. The van der Waals surface area contributed by atoms with Crippen molar-refractivity contribution in [1.82, 2.24) is 5.32 Å². The van der Waals surface area contributed by atoms with Gasteiger partial charge >= 0.3 is 5.51 Å². The van der Waals surface area contributed by atoms with Crippen molar-refractivity contribution in [3.8, 4) is 0 Å². The Bertz CT molecular complexity index is 454. The van der Waals surface area contributed by atoms with Gasteiger partial charge in [0.1, 0.15) is 0 Å². The minimum atomic E-state index is -4.39. The maximum absolute atomic E-state index is 11.8. The molecular weight excluding hydrogens is 322 g/mol. The van der Waals surface area contributed by atoms with E-state index in [-0.39, 0.29) is 18.3 Å². The maximum atomic E-state index is 11.8. The lowest BCUT2D eigenvalue weighted by molar-refractivity contribution is -0.118. The van der Waals surface area contributed by atoms with Gasteiger partial charge in [-0.15, -0.1) is 0 Å². The Morgan fingerprint density at radius 3 is 2.58 bits per heavy atom. The molecule has 0 spiro atoms. The van der Waals surface area contributed by atoms with Gasteiger partial charge in [0.2, 0.25) is 5.91 Å². The van der Waals surface area contributed by atoms with Crippen LogP contribution >= 0.6 is 35.0 Å². The molecule has 0 saturated heterocycles. The van der Waals surface area contributed by atoms with Crippen LogP contribution in [0.5, 0.6) is 0 Å². The van der Waals surface area contributed by atoms with E-state index >= 15 is 0 Å². The maximum Gasteiger partial charge on any atom is 0.442 e. The second-order valence-electron chi connectivity index (χ2n) is 3.57. The number of carbonyl (C=O) groups is 1. The van der Waals surface area contributed by atoms with Crippen molar-refractivity contribution in [2.75, 3.05) is 12.3 Å². The molecule has 106 valence electrons. The zero-order valence-electron chi connectivity index (χ0n) is 9.56. The van der Waals surface area contributed by atoms with Crippen molar-refractivity contribution < 1.29 is 18.0 Å². The third-order valence-corrected chi connectivity index (χ3v) is 3.42. The fourth-order valence-electron chi connectivity index (χ4n) is 1.26. The highest BCUT2D eigenvalue weighted by atomic mass is 35.5. The molecule has 1 aromatic carbocycles. The third-order valence-electron chi connectivity index (χ3n) is 2.10. The first-order valence-electron chi connectivity index (χ1n) is 5.19. The largest absolute Gasteiger partial charge is 0.442 e. The highest BCUT2D eigenvalue weighted by Gasteiger charge is 2.29. The first-order chi connectivity index (χ1) is 8.78. The summed E-state index contributed by atoms with van der Waals surface area (Å²) >= 11 is 11.3. The minimum absolute atomic E-state index is 0.221. The van der Waals surface area contributed by atoms with Crippen molar-refractivity contribution in [2.45, 2.75) is 11.9 Å². The Balaban J connectivity index is 2.32. The molecule has 8 heteroatoms. The molecule has 0 heterocycles. The lowest BCUT2D eigenvalue weighted by atomic mass is 10.1. The van der Waals surface area contributed by atoms with Crippen LogP contribution in [0, 0.1) is 0 Å². The summed E-state index contributed by atoms with van der Waals surface area (Å²) in [6, 6.07) is 4.94. The van der Waals surface area contributed by atoms with Gasteiger partial charge in [0.25, 0.3) is 0 Å². The van der Waals surface area contributed by atoms with E-state index in [1.54, 1.807) is 18.2 Å². The average molecular weight is 332 g/mol. The van der Waals surface area contributed by atoms with E-state index in [4.69, 9.17) is 23.2 Å². The lowest BCUT2D eigenvalue weighted by Crippen LogP contribution is -2.28. The van der Waals surface area contributed by atoms with E-state index in [0.717, 1.165) is 5.56 Å². The van der Waals surface area contributed by atoms with Crippen LogP contribution in [0.15, 0.2) is 18.2 Å². The van der Waals surface area contributed by atoms with Crippen LogP contribution in [-0.4, -0.2) is 23.7 Å². The highest BCUT2D eigenvalue weighted by Crippen LogP contribution is 2.29. The average Bonchev–Trinajstić information content (AvgIpc) is 2.28. The number of benzene rings is 1. The van der Waals surface area contributed by atoms with Gasteiger partial charge in [0.15, 0.2) is 0 Å². The van der Waals surface area contributed by atoms with E-state index in [9.17, 15) is 18.0 Å². The Hall–Kier alpha value is -0.590. The first kappa shape index (κ1) is 16.5. The zero-order valence-corrected chi connectivity index (χ0v) is 11.9. The first-order valence-corrected chi connectivity index (χ1v) is 6.93. The summed E-state index contributed by atoms with van der Waals surface area (Å²) in [4.78, 5) is 11.1. The quantitative estimate of drug-likeness (QED) is 0.886. The number of amides is 1. The summed E-state index contributed by atoms with van der Waals surface area (Å²) in [6.45, 7) is 0.221. The standard InChI is InChI=1S/C11H10Cl2F3NOS/c12-8-2-1-7(9(13)5-8)3-4-17-10(18)6-19-11(14,15)16/h1-2,5H,3-4,6H2,(H,17,18). The summed E-state index contributed by atoms with van der Waals surface area (Å²) in [5.41, 5.74) is -3.62. The molecule has 0 aliphatic rings. The van der Waals surface area contributed by atoms with Gasteiger partial charge in [-0.3, -0.25) is 4.79 Å². The summed E-state index contributed by atoms with van der Waals surface area (Å²) in [6.07, 6.45) is 0.429. The number of halogens is 5. The minimum Gasteiger partial charge on any atom is -0.355 e. The van der Waals surface area contributed by atoms with Crippen LogP contribution in [-0.2, 0) is 11.2 Å². The Morgan fingerprint density at radius 1 is 1.32 bits per heavy atom. The molecule has 0 saturated carbocycles. The molecule has 0 aliphatic heterocycles. The van der Waals surface area contributed by atoms with E-state index in [0.29, 0.717) is 16.5 Å². The number of alkyl halides is 3. The smallest absolute Gasteiger partial charge is 0.355 e. The predicted molar refractivity (Wildman–Crippen MR) is 71.7 cm³/mol. The molecule has 1 N–H and O–H groups in total. The van der Waals surface area contributed by atoms with Gasteiger partial charge in [0.05, 0.1) is 5.75 Å². The summed E-state index contributed by atoms with van der Waals surface area (Å²) in [7, 11) is 0. The monoisotopic (exact) mass is 331 g/mol. The van der Waals surface area contributed by atoms with Crippen LogP contribution in [0.4, 0.5) is 13.2 Å². The predicted octanol–water partition coefficient (Wildman–Crippen LogP) is 3.91. The van der Waals surface area contributed by atoms with E-state index < -0.39 is 17.2 Å². The van der Waals surface area contributed by atoms with Crippen LogP contribution in [0.25, 0.3) is 0 Å². The highest BCUT2D eigenvalue weighted by molar-refractivity contribution is 8.00. The number of rotatable bonds is 5. The molecule has 0 unspecified atom stereocenters. The van der Waals surface area contributed by atoms with Crippen molar-refractivity contribution in [2.24, 2.45) is 0 Å². The van der Waals surface area contributed by atoms with E-state index in [1.807, 2.05) is 0 Å². The normalized spacial score (nSPS) is 11.4. The number of hydrogen-bond donors (Lipinski definition) is 1. The SMILES string of the molecule is O=C(CSC(F)(F)F)NCCc1ccc(Cl)cc1Cl. The molecule has 1 rings (SSSR count). The Morgan fingerprint density at radius 2 is 2.00 bits per heavy atom. The summed E-state index contributed by atoms with van der Waals surface area (Å²) in [5.74, 6) is -1.30. The summed E-state index contributed by atoms with van der Waals surface area (Å²) in [5, 5.41) is 3.36. The van der Waals surface area contributed by atoms with Crippen LogP contribution in [0.3, 0.4) is 0 Å². The van der Waals surface area contributed by atoms with E-state index in [2.05, 4.69) is 5.32 Å². The van der Waals surface area contributed by atoms with Crippen molar-refractivity contribution in [3.05, 3.63) is 33.8 Å². The lowest BCUT2D eigenvalue weighted by Gasteiger charge is -2.08. The number of thioether (sulfide) groups is 1. The van der Waals surface area contributed by atoms with Gasteiger partial charge in [-0.25, -0.2) is 0 Å². The van der Waals surface area contributed by atoms with Crippen molar-refractivity contribution >= 4 is 40.9 Å². The van der Waals surface area contributed by atoms with Crippen molar-refractivity contribution in [1.29, 1.82) is 0 Å². The van der Waals surface area contributed by atoms with Gasteiger partial charge < -0.3 is 5.32 Å². The van der Waals surface area contributed by atoms with Gasteiger partial charge in [0, 0.05) is 16.6 Å². The molecular formula is C11H10Cl2F3NOS. The Labute approximate surface area is 122 Å².